The van der Waals surface area contributed by atoms with Crippen LogP contribution in [0.5, 0.6) is 5.75 Å². The van der Waals surface area contributed by atoms with Gasteiger partial charge in [-0.2, -0.15) is 0 Å². The van der Waals surface area contributed by atoms with E-state index in [-0.39, 0.29) is 12.0 Å². The summed E-state index contributed by atoms with van der Waals surface area (Å²) < 4.78 is 6.25. The molecule has 1 N–H and O–H groups in total. The van der Waals surface area contributed by atoms with Gasteiger partial charge in [-0.1, -0.05) is 12.1 Å². The zero-order valence-electron chi connectivity index (χ0n) is 18.5. The van der Waals surface area contributed by atoms with Gasteiger partial charge in [0.15, 0.2) is 0 Å². The van der Waals surface area contributed by atoms with Crippen LogP contribution in [0.2, 0.25) is 0 Å². The highest BCUT2D eigenvalue weighted by molar-refractivity contribution is 5.94. The van der Waals surface area contributed by atoms with E-state index in [4.69, 9.17) is 4.74 Å². The number of nitrogens with zero attached hydrogens (tertiary/aromatic N) is 3. The van der Waals surface area contributed by atoms with Crippen molar-refractivity contribution in [1.29, 1.82) is 0 Å². The summed E-state index contributed by atoms with van der Waals surface area (Å²) in [5.74, 6) is 0.716. The molecular weight excluding hydrogens is 388 g/mol. The van der Waals surface area contributed by atoms with Crippen LogP contribution in [0.4, 0.5) is 0 Å². The minimum atomic E-state index is -0.0709. The highest BCUT2D eigenvalue weighted by atomic mass is 16.5. The smallest absolute Gasteiger partial charge is 0.251 e. The summed E-state index contributed by atoms with van der Waals surface area (Å²) in [7, 11) is 2.21. The van der Waals surface area contributed by atoms with Gasteiger partial charge in [0.05, 0.1) is 0 Å². The Balaban J connectivity index is 1.22. The van der Waals surface area contributed by atoms with E-state index in [1.807, 2.05) is 42.5 Å². The van der Waals surface area contributed by atoms with Gasteiger partial charge in [-0.25, -0.2) is 0 Å². The molecule has 0 unspecified atom stereocenters. The second-order valence-corrected chi connectivity index (χ2v) is 8.74. The van der Waals surface area contributed by atoms with Gasteiger partial charge in [0.2, 0.25) is 0 Å². The van der Waals surface area contributed by atoms with Crippen molar-refractivity contribution in [1.82, 2.24) is 20.1 Å². The molecule has 2 fully saturated rings. The van der Waals surface area contributed by atoms with E-state index in [0.717, 1.165) is 49.8 Å². The number of amides is 1. The van der Waals surface area contributed by atoms with Gasteiger partial charge in [-0.05, 0) is 76.2 Å². The van der Waals surface area contributed by atoms with E-state index in [1.165, 1.54) is 25.9 Å². The van der Waals surface area contributed by atoms with Crippen LogP contribution in [0, 0.1) is 0 Å². The number of carbonyl (C=O) groups excluding carboxylic acids is 1. The predicted octanol–water partition coefficient (Wildman–Crippen LogP) is 2.99. The Bertz CT molecular complexity index is 828. The summed E-state index contributed by atoms with van der Waals surface area (Å²) in [6.45, 7) is 5.19. The molecule has 166 valence electrons. The van der Waals surface area contributed by atoms with Crippen molar-refractivity contribution in [2.45, 2.75) is 44.2 Å². The predicted molar refractivity (Wildman–Crippen MR) is 122 cm³/mol. The van der Waals surface area contributed by atoms with Crippen molar-refractivity contribution in [3.8, 4) is 5.75 Å². The monoisotopic (exact) mass is 422 g/mol. The maximum Gasteiger partial charge on any atom is 0.251 e. The molecular formula is C25H34N4O2. The molecule has 1 amide bonds. The van der Waals surface area contributed by atoms with Crippen molar-refractivity contribution in [3.05, 3.63) is 59.9 Å². The fraction of sp³-hybridized carbons (Fsp3) is 0.520. The lowest BCUT2D eigenvalue weighted by molar-refractivity contribution is 0.0525. The third-order valence-corrected chi connectivity index (χ3v) is 6.47. The van der Waals surface area contributed by atoms with Gasteiger partial charge in [0.1, 0.15) is 11.9 Å². The minimum Gasteiger partial charge on any atom is -0.490 e. The average molecular weight is 423 g/mol. The first-order chi connectivity index (χ1) is 15.2. The van der Waals surface area contributed by atoms with Crippen molar-refractivity contribution >= 4 is 5.91 Å². The van der Waals surface area contributed by atoms with Crippen molar-refractivity contribution in [3.63, 3.8) is 0 Å². The number of hydrogen-bond acceptors (Lipinski definition) is 5. The lowest BCUT2D eigenvalue weighted by atomic mass is 9.99. The van der Waals surface area contributed by atoms with E-state index >= 15 is 0 Å². The zero-order valence-corrected chi connectivity index (χ0v) is 18.5. The number of hydrogen-bond donors (Lipinski definition) is 1. The quantitative estimate of drug-likeness (QED) is 0.743. The van der Waals surface area contributed by atoms with Crippen LogP contribution in [-0.2, 0) is 6.42 Å². The molecule has 0 atom stereocenters. The Morgan fingerprint density at radius 3 is 2.61 bits per heavy atom. The highest BCUT2D eigenvalue weighted by Crippen LogP contribution is 2.24. The van der Waals surface area contributed by atoms with Crippen LogP contribution in [0.3, 0.4) is 0 Å². The molecule has 0 spiro atoms. The molecule has 0 radical (unpaired) electrons. The maximum atomic E-state index is 12.5. The number of aromatic nitrogens is 1. The summed E-state index contributed by atoms with van der Waals surface area (Å²) in [6, 6.07) is 14.1. The highest BCUT2D eigenvalue weighted by Gasteiger charge is 2.28. The second-order valence-electron chi connectivity index (χ2n) is 8.74. The largest absolute Gasteiger partial charge is 0.490 e. The summed E-state index contributed by atoms with van der Waals surface area (Å²) in [4.78, 5) is 21.9. The van der Waals surface area contributed by atoms with Gasteiger partial charge < -0.3 is 19.9 Å². The molecule has 3 heterocycles. The first kappa shape index (κ1) is 21.8. The van der Waals surface area contributed by atoms with Gasteiger partial charge in [0, 0.05) is 49.6 Å². The molecule has 1 aromatic carbocycles. The molecule has 31 heavy (non-hydrogen) atoms. The summed E-state index contributed by atoms with van der Waals surface area (Å²) >= 11 is 0. The van der Waals surface area contributed by atoms with Crippen LogP contribution < -0.4 is 10.1 Å². The van der Waals surface area contributed by atoms with E-state index in [2.05, 4.69) is 27.1 Å². The molecule has 0 aliphatic carbocycles. The zero-order chi connectivity index (χ0) is 21.5. The number of nitrogens with one attached hydrogen (secondary N) is 1. The third-order valence-electron chi connectivity index (χ3n) is 6.47. The molecule has 6 heteroatoms. The number of carbonyl (C=O) groups is 1. The molecule has 0 bridgehead atoms. The van der Waals surface area contributed by atoms with Crippen molar-refractivity contribution < 1.29 is 9.53 Å². The SMILES string of the molecule is CN1CCC(N2CCC(Oc3cccc(C(=O)NCCc4ccccn4)c3)CC2)CC1. The van der Waals surface area contributed by atoms with Gasteiger partial charge in [-0.3, -0.25) is 9.78 Å². The lowest BCUT2D eigenvalue weighted by Gasteiger charge is -2.41. The molecule has 6 nitrogen and oxygen atoms in total. The van der Waals surface area contributed by atoms with Gasteiger partial charge in [0.25, 0.3) is 5.91 Å². The summed E-state index contributed by atoms with van der Waals surface area (Å²) in [5.41, 5.74) is 1.62. The van der Waals surface area contributed by atoms with Crippen LogP contribution in [-0.4, -0.2) is 72.6 Å². The van der Waals surface area contributed by atoms with Crippen LogP contribution in [0.15, 0.2) is 48.7 Å². The number of pyridine rings is 1. The van der Waals surface area contributed by atoms with Crippen molar-refractivity contribution in [2.24, 2.45) is 0 Å². The Morgan fingerprint density at radius 2 is 1.87 bits per heavy atom. The number of likely N-dealkylation sites (tertiary alicyclic amines) is 2. The molecule has 4 rings (SSSR count). The van der Waals surface area contributed by atoms with E-state index in [1.54, 1.807) is 6.20 Å². The standard InChI is InChI=1S/C25H34N4O2/c1-28-15-9-22(10-16-28)29-17-11-23(12-18-29)31-24-7-4-5-20(19-24)25(30)27-14-8-21-6-2-3-13-26-21/h2-7,13,19,22-23H,8-12,14-18H2,1H3,(H,27,30). The lowest BCUT2D eigenvalue weighted by Crippen LogP contribution is -2.48. The Hall–Kier alpha value is -2.44. The minimum absolute atomic E-state index is 0.0709. The van der Waals surface area contributed by atoms with Gasteiger partial charge in [-0.15, -0.1) is 0 Å². The third kappa shape index (κ3) is 6.28. The fourth-order valence-electron chi connectivity index (χ4n) is 4.57. The van der Waals surface area contributed by atoms with Gasteiger partial charge >= 0.3 is 0 Å². The number of ether oxygens (including phenoxy) is 1. The maximum absolute atomic E-state index is 12.5. The molecule has 1 aromatic heterocycles. The second kappa shape index (κ2) is 10.7. The number of piperidine rings is 2. The average Bonchev–Trinajstić information content (AvgIpc) is 2.81. The molecule has 2 aromatic rings. The van der Waals surface area contributed by atoms with E-state index in [9.17, 15) is 4.79 Å². The molecule has 2 aliphatic rings. The number of benzene rings is 1. The van der Waals surface area contributed by atoms with Crippen molar-refractivity contribution in [2.75, 3.05) is 39.8 Å². The Labute approximate surface area is 185 Å². The molecule has 0 saturated carbocycles. The number of rotatable bonds is 7. The van der Waals surface area contributed by atoms with E-state index in [0.29, 0.717) is 12.1 Å². The Morgan fingerprint density at radius 1 is 1.06 bits per heavy atom. The molecule has 2 saturated heterocycles. The first-order valence-corrected chi connectivity index (χ1v) is 11.5. The van der Waals surface area contributed by atoms with Crippen LogP contribution in [0.1, 0.15) is 41.7 Å². The first-order valence-electron chi connectivity index (χ1n) is 11.5. The fourth-order valence-corrected chi connectivity index (χ4v) is 4.57. The van der Waals surface area contributed by atoms with Crippen LogP contribution in [0.25, 0.3) is 0 Å². The summed E-state index contributed by atoms with van der Waals surface area (Å²) in [5, 5.41) is 2.98. The normalized spacial score (nSPS) is 19.3. The van der Waals surface area contributed by atoms with Crippen LogP contribution >= 0.6 is 0 Å². The van der Waals surface area contributed by atoms with E-state index < -0.39 is 0 Å². The molecule has 2 aliphatic heterocycles. The summed E-state index contributed by atoms with van der Waals surface area (Å²) in [6.07, 6.45) is 7.37. The topological polar surface area (TPSA) is 57.7 Å². The Kier molecular flexibility index (Phi) is 7.54.